The van der Waals surface area contributed by atoms with Gasteiger partial charge in [0.25, 0.3) is 5.91 Å². The van der Waals surface area contributed by atoms with Crippen molar-refractivity contribution in [3.63, 3.8) is 0 Å². The highest BCUT2D eigenvalue weighted by atomic mass is 32.1. The van der Waals surface area contributed by atoms with E-state index in [-0.39, 0.29) is 17.4 Å². The van der Waals surface area contributed by atoms with Crippen molar-refractivity contribution < 1.29 is 4.79 Å². The average Bonchev–Trinajstić information content (AvgIpc) is 3.41. The number of hydrogen-bond acceptors (Lipinski definition) is 5. The topological polar surface area (TPSA) is 74.8 Å². The second kappa shape index (κ2) is 7.02. The van der Waals surface area contributed by atoms with E-state index in [0.29, 0.717) is 11.4 Å². The maximum absolute atomic E-state index is 13.5. The Hall–Kier alpha value is -3.06. The van der Waals surface area contributed by atoms with Crippen LogP contribution >= 0.6 is 11.3 Å². The number of aromatic nitrogens is 4. The Morgan fingerprint density at radius 2 is 2.00 bits per heavy atom. The Balaban J connectivity index is 1.58. The number of fused-ring (bicyclic) bond motifs is 2. The molecule has 5 rings (SSSR count). The van der Waals surface area contributed by atoms with E-state index in [1.165, 1.54) is 11.3 Å². The number of benzene rings is 1. The molecule has 1 N–H and O–H groups in total. The van der Waals surface area contributed by atoms with Crippen molar-refractivity contribution in [3.8, 4) is 0 Å². The molecule has 30 heavy (non-hydrogen) atoms. The van der Waals surface area contributed by atoms with E-state index in [9.17, 15) is 4.79 Å². The molecule has 4 aromatic rings. The predicted octanol–water partition coefficient (Wildman–Crippen LogP) is 4.50. The molecule has 4 heterocycles. The van der Waals surface area contributed by atoms with Crippen molar-refractivity contribution in [3.05, 3.63) is 75.9 Å². The Morgan fingerprint density at radius 1 is 1.17 bits per heavy atom. The molecule has 152 valence electrons. The molecule has 0 bridgehead atoms. The second-order valence-electron chi connectivity index (χ2n) is 8.63. The summed E-state index contributed by atoms with van der Waals surface area (Å²) >= 11 is 1.47. The normalized spacial score (nSPS) is 16.6. The zero-order chi connectivity index (χ0) is 20.9. The lowest BCUT2D eigenvalue weighted by Crippen LogP contribution is -2.40. The van der Waals surface area contributed by atoms with E-state index in [4.69, 9.17) is 4.98 Å². The van der Waals surface area contributed by atoms with Gasteiger partial charge in [0.2, 0.25) is 0 Å². The van der Waals surface area contributed by atoms with E-state index >= 15 is 0 Å². The summed E-state index contributed by atoms with van der Waals surface area (Å²) in [5, 5.41) is 2.04. The molecule has 6 nitrogen and oxygen atoms in total. The van der Waals surface area contributed by atoms with Crippen molar-refractivity contribution >= 4 is 28.1 Å². The van der Waals surface area contributed by atoms with Gasteiger partial charge in [0.1, 0.15) is 10.9 Å². The Morgan fingerprint density at radius 3 is 2.80 bits per heavy atom. The number of imidazole rings is 1. The number of nitrogens with one attached hydrogen (secondary N) is 1. The summed E-state index contributed by atoms with van der Waals surface area (Å²) in [5.41, 5.74) is 3.60. The lowest BCUT2D eigenvalue weighted by atomic mass is 9.98. The minimum absolute atomic E-state index is 0.0170. The quantitative estimate of drug-likeness (QED) is 0.521. The SMILES string of the molecule is CC(C)(C)c1ncc(C(=O)N2CCc3[nH]cnc3[C@@H]2c2ccc3ccccc3n2)s1. The van der Waals surface area contributed by atoms with Crippen LogP contribution in [-0.2, 0) is 11.8 Å². The summed E-state index contributed by atoms with van der Waals surface area (Å²) in [6.45, 7) is 6.94. The fraction of sp³-hybridized carbons (Fsp3) is 0.304. The van der Waals surface area contributed by atoms with Crippen LogP contribution in [-0.4, -0.2) is 37.3 Å². The third-order valence-corrected chi connectivity index (χ3v) is 6.86. The summed E-state index contributed by atoms with van der Waals surface area (Å²) < 4.78 is 0. The molecule has 0 unspecified atom stereocenters. The van der Waals surface area contributed by atoms with Crippen LogP contribution in [0.2, 0.25) is 0 Å². The summed E-state index contributed by atoms with van der Waals surface area (Å²) in [7, 11) is 0. The van der Waals surface area contributed by atoms with E-state index in [1.807, 2.05) is 35.2 Å². The van der Waals surface area contributed by atoms with Gasteiger partial charge in [0.05, 0.1) is 34.4 Å². The van der Waals surface area contributed by atoms with E-state index < -0.39 is 0 Å². The number of thiazole rings is 1. The van der Waals surface area contributed by atoms with Crippen LogP contribution in [0.1, 0.15) is 58.6 Å². The van der Waals surface area contributed by atoms with Gasteiger partial charge < -0.3 is 9.88 Å². The lowest BCUT2D eigenvalue weighted by Gasteiger charge is -2.34. The third kappa shape index (κ3) is 3.19. The van der Waals surface area contributed by atoms with Gasteiger partial charge in [0.15, 0.2) is 0 Å². The molecule has 1 aliphatic rings. The molecule has 1 atom stereocenters. The van der Waals surface area contributed by atoms with Crippen molar-refractivity contribution in [2.24, 2.45) is 0 Å². The number of H-pyrrole nitrogens is 1. The highest BCUT2D eigenvalue weighted by Crippen LogP contribution is 2.36. The number of amides is 1. The van der Waals surface area contributed by atoms with Gasteiger partial charge in [-0.2, -0.15) is 0 Å². The standard InChI is InChI=1S/C23H23N5OS/c1-23(2,3)22-24-12-18(30-22)21(29)28-11-10-16-19(26-13-25-16)20(28)17-9-8-14-6-4-5-7-15(14)27-17/h4-9,12-13,20H,10-11H2,1-3H3,(H,25,26)/t20-/m0/s1. The van der Waals surface area contributed by atoms with Crippen molar-refractivity contribution in [1.82, 2.24) is 24.8 Å². The maximum Gasteiger partial charge on any atom is 0.266 e. The van der Waals surface area contributed by atoms with Crippen LogP contribution < -0.4 is 0 Å². The fourth-order valence-corrected chi connectivity index (χ4v) is 4.82. The van der Waals surface area contributed by atoms with Crippen LogP contribution in [0.4, 0.5) is 0 Å². The first kappa shape index (κ1) is 18.9. The summed E-state index contributed by atoms with van der Waals surface area (Å²) in [6.07, 6.45) is 4.16. The third-order valence-electron chi connectivity index (χ3n) is 5.44. The van der Waals surface area contributed by atoms with Gasteiger partial charge in [-0.25, -0.2) is 9.97 Å². The molecule has 0 saturated heterocycles. The number of pyridine rings is 1. The van der Waals surface area contributed by atoms with Gasteiger partial charge in [-0.05, 0) is 12.1 Å². The molecule has 0 spiro atoms. The largest absolute Gasteiger partial charge is 0.348 e. The van der Waals surface area contributed by atoms with E-state index in [0.717, 1.165) is 39.4 Å². The first-order chi connectivity index (χ1) is 14.4. The number of hydrogen-bond donors (Lipinski definition) is 1. The molecule has 1 amide bonds. The highest BCUT2D eigenvalue weighted by molar-refractivity contribution is 7.13. The van der Waals surface area contributed by atoms with Crippen molar-refractivity contribution in [2.75, 3.05) is 6.54 Å². The Bertz CT molecular complexity index is 1240. The zero-order valence-electron chi connectivity index (χ0n) is 17.2. The minimum atomic E-state index is -0.322. The number of carbonyl (C=O) groups is 1. The molecule has 0 fully saturated rings. The monoisotopic (exact) mass is 417 g/mol. The van der Waals surface area contributed by atoms with E-state index in [2.05, 4.69) is 41.8 Å². The van der Waals surface area contributed by atoms with Crippen molar-refractivity contribution in [1.29, 1.82) is 0 Å². The first-order valence-electron chi connectivity index (χ1n) is 10.1. The van der Waals surface area contributed by atoms with Gasteiger partial charge in [-0.3, -0.25) is 9.78 Å². The van der Waals surface area contributed by atoms with Gasteiger partial charge in [-0.15, -0.1) is 11.3 Å². The van der Waals surface area contributed by atoms with Gasteiger partial charge in [-0.1, -0.05) is 45.0 Å². The summed E-state index contributed by atoms with van der Waals surface area (Å²) in [4.78, 5) is 33.3. The molecular formula is C23H23N5OS. The second-order valence-corrected chi connectivity index (χ2v) is 9.66. The Labute approximate surface area is 179 Å². The minimum Gasteiger partial charge on any atom is -0.348 e. The molecule has 1 aromatic carbocycles. The summed E-state index contributed by atoms with van der Waals surface area (Å²) in [5.74, 6) is -0.0170. The van der Waals surface area contributed by atoms with Crippen molar-refractivity contribution in [2.45, 2.75) is 38.6 Å². The number of rotatable bonds is 2. The maximum atomic E-state index is 13.5. The van der Waals surface area contributed by atoms with Crippen LogP contribution in [0, 0.1) is 0 Å². The van der Waals surface area contributed by atoms with Gasteiger partial charge in [0, 0.05) is 29.5 Å². The van der Waals surface area contributed by atoms with Gasteiger partial charge >= 0.3 is 0 Å². The lowest BCUT2D eigenvalue weighted by molar-refractivity contribution is 0.0692. The number of nitrogens with zero attached hydrogens (tertiary/aromatic N) is 4. The Kier molecular flexibility index (Phi) is 4.43. The average molecular weight is 418 g/mol. The molecule has 0 radical (unpaired) electrons. The predicted molar refractivity (Wildman–Crippen MR) is 118 cm³/mol. The molecule has 0 aliphatic carbocycles. The fourth-order valence-electron chi connectivity index (χ4n) is 3.89. The first-order valence-corrected chi connectivity index (χ1v) is 10.9. The van der Waals surface area contributed by atoms with Crippen LogP contribution in [0.15, 0.2) is 48.9 Å². The zero-order valence-corrected chi connectivity index (χ0v) is 18.0. The number of aromatic amines is 1. The van der Waals surface area contributed by atoms with Crippen LogP contribution in [0.25, 0.3) is 10.9 Å². The number of carbonyl (C=O) groups excluding carboxylic acids is 1. The number of para-hydroxylation sites is 1. The van der Waals surface area contributed by atoms with Crippen LogP contribution in [0.3, 0.4) is 0 Å². The summed E-state index contributed by atoms with van der Waals surface area (Å²) in [6, 6.07) is 11.8. The molecule has 3 aromatic heterocycles. The van der Waals surface area contributed by atoms with Crippen LogP contribution in [0.5, 0.6) is 0 Å². The molecule has 0 saturated carbocycles. The molecule has 7 heteroatoms. The van der Waals surface area contributed by atoms with E-state index in [1.54, 1.807) is 12.5 Å². The molecular weight excluding hydrogens is 394 g/mol. The smallest absolute Gasteiger partial charge is 0.266 e. The highest BCUT2D eigenvalue weighted by Gasteiger charge is 2.36. The molecule has 1 aliphatic heterocycles.